The number of carbonyl (C=O) groups excluding carboxylic acids is 1. The van der Waals surface area contributed by atoms with Crippen LogP contribution in [0.4, 0.5) is 0 Å². The minimum Gasteiger partial charge on any atom is -0.481 e. The van der Waals surface area contributed by atoms with Gasteiger partial charge in [0.25, 0.3) is 0 Å². The highest BCUT2D eigenvalue weighted by Gasteiger charge is 2.40. The molecule has 0 spiro atoms. The molecule has 5 heteroatoms. The van der Waals surface area contributed by atoms with Crippen molar-refractivity contribution in [3.8, 4) is 0 Å². The molecule has 1 aromatic carbocycles. The second-order valence-electron chi connectivity index (χ2n) is 8.71. The Balaban J connectivity index is 1.50. The molecule has 0 saturated carbocycles. The molecular formula is C23H33NO4. The lowest BCUT2D eigenvalue weighted by Gasteiger charge is -2.36. The summed E-state index contributed by atoms with van der Waals surface area (Å²) in [5.74, 6) is 0.00640. The topological polar surface area (TPSA) is 66.8 Å². The minimum absolute atomic E-state index is 0.187. The van der Waals surface area contributed by atoms with Gasteiger partial charge in [-0.25, -0.2) is 0 Å². The van der Waals surface area contributed by atoms with Gasteiger partial charge in [-0.15, -0.1) is 0 Å². The normalized spacial score (nSPS) is 24.5. The molecule has 2 fully saturated rings. The fraction of sp³-hybridized carbons (Fsp3) is 0.652. The molecule has 2 aliphatic heterocycles. The predicted molar refractivity (Wildman–Crippen MR) is 108 cm³/mol. The number of carbonyl (C=O) groups is 2. The highest BCUT2D eigenvalue weighted by Crippen LogP contribution is 2.33. The number of carboxylic acid groups (broad SMARTS) is 1. The molecule has 0 bridgehead atoms. The van der Waals surface area contributed by atoms with Crippen molar-refractivity contribution in [2.75, 3.05) is 19.7 Å². The smallest absolute Gasteiger partial charge is 0.309 e. The summed E-state index contributed by atoms with van der Waals surface area (Å²) in [4.78, 5) is 26.1. The van der Waals surface area contributed by atoms with Crippen LogP contribution in [-0.4, -0.2) is 47.7 Å². The monoisotopic (exact) mass is 387 g/mol. The summed E-state index contributed by atoms with van der Waals surface area (Å²) < 4.78 is 5.73. The highest BCUT2D eigenvalue weighted by atomic mass is 16.5. The molecule has 1 amide bonds. The van der Waals surface area contributed by atoms with Crippen molar-refractivity contribution in [3.05, 3.63) is 35.4 Å². The Morgan fingerprint density at radius 2 is 1.68 bits per heavy atom. The number of benzene rings is 1. The van der Waals surface area contributed by atoms with Gasteiger partial charge in [-0.2, -0.15) is 0 Å². The van der Waals surface area contributed by atoms with Crippen LogP contribution >= 0.6 is 0 Å². The zero-order valence-corrected chi connectivity index (χ0v) is 17.3. The Hall–Kier alpha value is -1.88. The van der Waals surface area contributed by atoms with Crippen LogP contribution in [0.3, 0.4) is 0 Å². The molecule has 28 heavy (non-hydrogen) atoms. The van der Waals surface area contributed by atoms with Crippen molar-refractivity contribution in [2.45, 2.75) is 64.4 Å². The molecule has 2 unspecified atom stereocenters. The number of aliphatic carboxylic acids is 1. The molecule has 0 aliphatic carbocycles. The molecule has 154 valence electrons. The molecule has 2 heterocycles. The van der Waals surface area contributed by atoms with Gasteiger partial charge in [0, 0.05) is 26.1 Å². The summed E-state index contributed by atoms with van der Waals surface area (Å²) >= 11 is 0. The Bertz CT molecular complexity index is 676. The molecule has 0 radical (unpaired) electrons. The largest absolute Gasteiger partial charge is 0.481 e. The Morgan fingerprint density at radius 3 is 2.25 bits per heavy atom. The number of amides is 1. The number of likely N-dealkylation sites (tertiary alicyclic amines) is 1. The van der Waals surface area contributed by atoms with Crippen LogP contribution in [0.25, 0.3) is 0 Å². The van der Waals surface area contributed by atoms with E-state index in [1.807, 2.05) is 4.90 Å². The summed E-state index contributed by atoms with van der Waals surface area (Å²) in [6.07, 6.45) is 2.60. The zero-order chi connectivity index (χ0) is 20.3. The van der Waals surface area contributed by atoms with Crippen molar-refractivity contribution in [1.82, 2.24) is 4.90 Å². The van der Waals surface area contributed by atoms with Gasteiger partial charge in [-0.05, 0) is 48.1 Å². The molecule has 2 saturated heterocycles. The number of hydrogen-bond acceptors (Lipinski definition) is 3. The van der Waals surface area contributed by atoms with E-state index in [4.69, 9.17) is 4.74 Å². The van der Waals surface area contributed by atoms with Crippen LogP contribution in [-0.2, 0) is 14.3 Å². The van der Waals surface area contributed by atoms with E-state index in [-0.39, 0.29) is 29.8 Å². The van der Waals surface area contributed by atoms with Gasteiger partial charge in [-0.1, -0.05) is 45.0 Å². The second kappa shape index (κ2) is 9.08. The summed E-state index contributed by atoms with van der Waals surface area (Å²) in [5.41, 5.74) is 2.52. The molecule has 5 nitrogen and oxygen atoms in total. The van der Waals surface area contributed by atoms with E-state index in [0.717, 1.165) is 12.8 Å². The summed E-state index contributed by atoms with van der Waals surface area (Å²) in [7, 11) is 0. The third-order valence-corrected chi connectivity index (χ3v) is 6.46. The van der Waals surface area contributed by atoms with Crippen molar-refractivity contribution >= 4 is 11.9 Å². The number of rotatable bonds is 6. The predicted octanol–water partition coefficient (Wildman–Crippen LogP) is 4.03. The third kappa shape index (κ3) is 4.75. The van der Waals surface area contributed by atoms with Crippen LogP contribution in [0.5, 0.6) is 0 Å². The summed E-state index contributed by atoms with van der Waals surface area (Å²) in [5, 5.41) is 9.36. The van der Waals surface area contributed by atoms with Gasteiger partial charge in [0.15, 0.2) is 0 Å². The molecular weight excluding hydrogens is 354 g/mol. The first-order valence-corrected chi connectivity index (χ1v) is 10.6. The number of ether oxygens (including phenoxy) is 1. The number of piperidine rings is 1. The van der Waals surface area contributed by atoms with Crippen LogP contribution in [0, 0.1) is 11.8 Å². The lowest BCUT2D eigenvalue weighted by molar-refractivity contribution is -0.146. The average molecular weight is 388 g/mol. The van der Waals surface area contributed by atoms with Crippen molar-refractivity contribution in [2.24, 2.45) is 11.8 Å². The molecule has 3 rings (SSSR count). The summed E-state index contributed by atoms with van der Waals surface area (Å²) in [6, 6.07) is 8.60. The summed E-state index contributed by atoms with van der Waals surface area (Å²) in [6.45, 7) is 8.41. The van der Waals surface area contributed by atoms with Gasteiger partial charge < -0.3 is 14.7 Å². The van der Waals surface area contributed by atoms with Gasteiger partial charge >= 0.3 is 5.97 Å². The lowest BCUT2D eigenvalue weighted by Crippen LogP contribution is -2.43. The minimum atomic E-state index is -0.752. The highest BCUT2D eigenvalue weighted by molar-refractivity contribution is 5.77. The molecule has 1 N–H and O–H groups in total. The van der Waals surface area contributed by atoms with E-state index >= 15 is 0 Å². The first-order valence-electron chi connectivity index (χ1n) is 10.6. The van der Waals surface area contributed by atoms with E-state index < -0.39 is 5.97 Å². The van der Waals surface area contributed by atoms with Crippen molar-refractivity contribution in [3.63, 3.8) is 0 Å². The Morgan fingerprint density at radius 1 is 1.07 bits per heavy atom. The first kappa shape index (κ1) is 20.8. The van der Waals surface area contributed by atoms with Crippen molar-refractivity contribution < 1.29 is 19.4 Å². The standard InChI is InChI=1S/C23H33NO4/c1-15(2)17-4-6-18(7-5-17)16(3)14-21(25)24-11-8-19(9-12-24)22-20(23(26)27)10-13-28-22/h4-7,15-16,19-20,22H,8-14H2,1-3H3,(H,26,27)/t16?,20?,22-/m0/s1. The first-order chi connectivity index (χ1) is 13.4. The van der Waals surface area contributed by atoms with E-state index in [1.165, 1.54) is 11.1 Å². The number of hydrogen-bond donors (Lipinski definition) is 1. The van der Waals surface area contributed by atoms with Crippen LogP contribution in [0.1, 0.15) is 69.4 Å². The van der Waals surface area contributed by atoms with Gasteiger partial charge in [0.05, 0.1) is 12.0 Å². The van der Waals surface area contributed by atoms with E-state index in [9.17, 15) is 14.7 Å². The van der Waals surface area contributed by atoms with Crippen LogP contribution in [0.2, 0.25) is 0 Å². The molecule has 1 aromatic rings. The fourth-order valence-corrected chi connectivity index (χ4v) is 4.54. The van der Waals surface area contributed by atoms with Crippen molar-refractivity contribution in [1.29, 1.82) is 0 Å². The fourth-order valence-electron chi connectivity index (χ4n) is 4.54. The quantitative estimate of drug-likeness (QED) is 0.800. The van der Waals surface area contributed by atoms with E-state index in [2.05, 4.69) is 45.0 Å². The maximum atomic E-state index is 12.8. The van der Waals surface area contributed by atoms with Gasteiger partial charge in [0.1, 0.15) is 0 Å². The molecule has 2 aliphatic rings. The van der Waals surface area contributed by atoms with Gasteiger partial charge in [-0.3, -0.25) is 9.59 Å². The van der Waals surface area contributed by atoms with Crippen LogP contribution < -0.4 is 0 Å². The number of nitrogens with zero attached hydrogens (tertiary/aromatic N) is 1. The maximum absolute atomic E-state index is 12.8. The second-order valence-corrected chi connectivity index (χ2v) is 8.71. The van der Waals surface area contributed by atoms with E-state index in [0.29, 0.717) is 38.5 Å². The van der Waals surface area contributed by atoms with Crippen LogP contribution in [0.15, 0.2) is 24.3 Å². The SMILES string of the molecule is CC(C)c1ccc(C(C)CC(=O)N2CCC([C@@H]3OCCC3C(=O)O)CC2)cc1. The molecule has 3 atom stereocenters. The van der Waals surface area contributed by atoms with Gasteiger partial charge in [0.2, 0.25) is 5.91 Å². The average Bonchev–Trinajstić information content (AvgIpc) is 3.18. The molecule has 0 aromatic heterocycles. The van der Waals surface area contributed by atoms with E-state index in [1.54, 1.807) is 0 Å². The number of carboxylic acids is 1. The lowest BCUT2D eigenvalue weighted by atomic mass is 9.84. The third-order valence-electron chi connectivity index (χ3n) is 6.46. The Labute approximate surface area is 168 Å². The maximum Gasteiger partial charge on any atom is 0.309 e. The Kier molecular flexibility index (Phi) is 6.76. The zero-order valence-electron chi connectivity index (χ0n) is 17.3.